The van der Waals surface area contributed by atoms with Crippen LogP contribution in [-0.2, 0) is 0 Å². The SMILES string of the molecule is CC(O)CN(C)C(=O)c1c(O)cccc1F. The maximum Gasteiger partial charge on any atom is 0.260 e. The van der Waals surface area contributed by atoms with Crippen molar-refractivity contribution in [3.05, 3.63) is 29.6 Å². The van der Waals surface area contributed by atoms with Crippen molar-refractivity contribution < 1.29 is 19.4 Å². The number of hydrogen-bond donors (Lipinski definition) is 2. The summed E-state index contributed by atoms with van der Waals surface area (Å²) in [5, 5.41) is 18.5. The van der Waals surface area contributed by atoms with Crippen molar-refractivity contribution in [3.8, 4) is 5.75 Å². The molecular weight excluding hydrogens is 213 g/mol. The third-order valence-corrected chi connectivity index (χ3v) is 2.09. The Morgan fingerprint density at radius 2 is 2.19 bits per heavy atom. The van der Waals surface area contributed by atoms with Crippen molar-refractivity contribution in [2.24, 2.45) is 0 Å². The van der Waals surface area contributed by atoms with Crippen LogP contribution in [0, 0.1) is 5.82 Å². The Hall–Kier alpha value is -1.62. The van der Waals surface area contributed by atoms with Gasteiger partial charge in [0.2, 0.25) is 0 Å². The molecule has 1 atom stereocenters. The number of benzene rings is 1. The molecule has 0 saturated heterocycles. The molecule has 0 aliphatic heterocycles. The Bertz CT molecular complexity index is 373. The van der Waals surface area contributed by atoms with Gasteiger partial charge in [0, 0.05) is 13.6 Å². The smallest absolute Gasteiger partial charge is 0.260 e. The Morgan fingerprint density at radius 3 is 2.69 bits per heavy atom. The van der Waals surface area contributed by atoms with E-state index < -0.39 is 23.6 Å². The van der Waals surface area contributed by atoms with Gasteiger partial charge in [-0.2, -0.15) is 0 Å². The molecular formula is C11H14FNO3. The van der Waals surface area contributed by atoms with Gasteiger partial charge in [-0.05, 0) is 19.1 Å². The number of hydrogen-bond acceptors (Lipinski definition) is 3. The second-order valence-corrected chi connectivity index (χ2v) is 3.67. The van der Waals surface area contributed by atoms with Gasteiger partial charge in [0.1, 0.15) is 17.1 Å². The molecule has 0 aliphatic carbocycles. The van der Waals surface area contributed by atoms with Crippen LogP contribution < -0.4 is 0 Å². The monoisotopic (exact) mass is 227 g/mol. The molecule has 4 nitrogen and oxygen atoms in total. The molecule has 1 aromatic carbocycles. The Morgan fingerprint density at radius 1 is 1.56 bits per heavy atom. The van der Waals surface area contributed by atoms with E-state index in [2.05, 4.69) is 0 Å². The lowest BCUT2D eigenvalue weighted by Crippen LogP contribution is -2.33. The molecule has 0 heterocycles. The molecule has 2 N–H and O–H groups in total. The van der Waals surface area contributed by atoms with E-state index in [9.17, 15) is 14.3 Å². The fourth-order valence-electron chi connectivity index (χ4n) is 1.39. The lowest BCUT2D eigenvalue weighted by atomic mass is 10.1. The maximum absolute atomic E-state index is 13.3. The average molecular weight is 227 g/mol. The lowest BCUT2D eigenvalue weighted by Gasteiger charge is -2.19. The molecule has 0 fully saturated rings. The number of aliphatic hydroxyl groups excluding tert-OH is 1. The second kappa shape index (κ2) is 4.94. The highest BCUT2D eigenvalue weighted by Crippen LogP contribution is 2.21. The first-order valence-electron chi connectivity index (χ1n) is 4.84. The van der Waals surface area contributed by atoms with Crippen molar-refractivity contribution in [1.29, 1.82) is 0 Å². The van der Waals surface area contributed by atoms with Gasteiger partial charge in [-0.1, -0.05) is 6.07 Å². The van der Waals surface area contributed by atoms with Gasteiger partial charge >= 0.3 is 0 Å². The zero-order chi connectivity index (χ0) is 12.3. The summed E-state index contributed by atoms with van der Waals surface area (Å²) < 4.78 is 13.3. The third-order valence-electron chi connectivity index (χ3n) is 2.09. The summed E-state index contributed by atoms with van der Waals surface area (Å²) in [6, 6.07) is 3.66. The molecule has 0 aromatic heterocycles. The number of carbonyl (C=O) groups excluding carboxylic acids is 1. The second-order valence-electron chi connectivity index (χ2n) is 3.67. The van der Waals surface area contributed by atoms with E-state index in [1.165, 1.54) is 26.1 Å². The number of aromatic hydroxyl groups is 1. The molecule has 0 aliphatic rings. The number of nitrogens with zero attached hydrogens (tertiary/aromatic N) is 1. The van der Waals surface area contributed by atoms with E-state index in [1.54, 1.807) is 0 Å². The number of likely N-dealkylation sites (N-methyl/N-ethyl adjacent to an activating group) is 1. The zero-order valence-corrected chi connectivity index (χ0v) is 9.14. The van der Waals surface area contributed by atoms with E-state index >= 15 is 0 Å². The molecule has 0 radical (unpaired) electrons. The van der Waals surface area contributed by atoms with Crippen LogP contribution in [-0.4, -0.2) is 40.7 Å². The highest BCUT2D eigenvalue weighted by molar-refractivity contribution is 5.96. The molecule has 0 bridgehead atoms. The summed E-state index contributed by atoms with van der Waals surface area (Å²) >= 11 is 0. The molecule has 1 rings (SSSR count). The van der Waals surface area contributed by atoms with Crippen molar-refractivity contribution in [2.75, 3.05) is 13.6 Å². The number of rotatable bonds is 3. The van der Waals surface area contributed by atoms with Crippen LogP contribution in [0.3, 0.4) is 0 Å². The van der Waals surface area contributed by atoms with Crippen molar-refractivity contribution in [2.45, 2.75) is 13.0 Å². The minimum absolute atomic E-state index is 0.0760. The van der Waals surface area contributed by atoms with Gasteiger partial charge in [-0.3, -0.25) is 4.79 Å². The maximum atomic E-state index is 13.3. The highest BCUT2D eigenvalue weighted by atomic mass is 19.1. The Labute approximate surface area is 92.9 Å². The van der Waals surface area contributed by atoms with Crippen molar-refractivity contribution in [3.63, 3.8) is 0 Å². The lowest BCUT2D eigenvalue weighted by molar-refractivity contribution is 0.0696. The summed E-state index contributed by atoms with van der Waals surface area (Å²) in [5.74, 6) is -1.83. The number of phenols is 1. The minimum Gasteiger partial charge on any atom is -0.507 e. The van der Waals surface area contributed by atoms with Crippen LogP contribution in [0.2, 0.25) is 0 Å². The summed E-state index contributed by atoms with van der Waals surface area (Å²) in [5.41, 5.74) is -0.370. The molecule has 88 valence electrons. The number of amides is 1. The first kappa shape index (κ1) is 12.4. The average Bonchev–Trinajstić information content (AvgIpc) is 2.16. The minimum atomic E-state index is -0.776. The summed E-state index contributed by atoms with van der Waals surface area (Å²) in [4.78, 5) is 12.9. The van der Waals surface area contributed by atoms with Gasteiger partial charge < -0.3 is 15.1 Å². The van der Waals surface area contributed by atoms with E-state index in [0.29, 0.717) is 0 Å². The predicted octanol–water partition coefficient (Wildman–Crippen LogP) is 0.984. The normalized spacial score (nSPS) is 12.2. The number of phenolic OH excluding ortho intramolecular Hbond substituents is 1. The third kappa shape index (κ3) is 2.70. The standard InChI is InChI=1S/C11H14FNO3/c1-7(14)6-13(2)11(16)10-8(12)4-3-5-9(10)15/h3-5,7,14-15H,6H2,1-2H3. The van der Waals surface area contributed by atoms with Gasteiger partial charge in [-0.15, -0.1) is 0 Å². The fourth-order valence-corrected chi connectivity index (χ4v) is 1.39. The van der Waals surface area contributed by atoms with Crippen LogP contribution in [0.5, 0.6) is 5.75 Å². The topological polar surface area (TPSA) is 60.8 Å². The zero-order valence-electron chi connectivity index (χ0n) is 9.14. The fraction of sp³-hybridized carbons (Fsp3) is 0.364. The molecule has 1 aromatic rings. The molecule has 16 heavy (non-hydrogen) atoms. The van der Waals surface area contributed by atoms with Gasteiger partial charge in [0.15, 0.2) is 0 Å². The largest absolute Gasteiger partial charge is 0.507 e. The first-order chi connectivity index (χ1) is 7.43. The molecule has 1 unspecified atom stereocenters. The molecule has 0 saturated carbocycles. The highest BCUT2D eigenvalue weighted by Gasteiger charge is 2.20. The van der Waals surface area contributed by atoms with E-state index in [1.807, 2.05) is 0 Å². The predicted molar refractivity (Wildman–Crippen MR) is 56.7 cm³/mol. The molecule has 0 spiro atoms. The Balaban J connectivity index is 2.96. The van der Waals surface area contributed by atoms with Crippen LogP contribution in [0.15, 0.2) is 18.2 Å². The number of halogens is 1. The van der Waals surface area contributed by atoms with E-state index in [-0.39, 0.29) is 12.1 Å². The van der Waals surface area contributed by atoms with Crippen molar-refractivity contribution >= 4 is 5.91 Å². The van der Waals surface area contributed by atoms with Crippen LogP contribution in [0.1, 0.15) is 17.3 Å². The van der Waals surface area contributed by atoms with E-state index in [4.69, 9.17) is 5.11 Å². The van der Waals surface area contributed by atoms with Crippen LogP contribution in [0.25, 0.3) is 0 Å². The quantitative estimate of drug-likeness (QED) is 0.809. The Kier molecular flexibility index (Phi) is 3.84. The van der Waals surface area contributed by atoms with Gasteiger partial charge in [-0.25, -0.2) is 4.39 Å². The van der Waals surface area contributed by atoms with Crippen LogP contribution in [0.4, 0.5) is 4.39 Å². The number of carbonyl (C=O) groups is 1. The summed E-state index contributed by atoms with van der Waals surface area (Å²) in [6.07, 6.45) is -0.706. The van der Waals surface area contributed by atoms with Gasteiger partial charge in [0.25, 0.3) is 5.91 Å². The van der Waals surface area contributed by atoms with Crippen LogP contribution >= 0.6 is 0 Å². The van der Waals surface area contributed by atoms with E-state index in [0.717, 1.165) is 11.0 Å². The molecule has 5 heteroatoms. The van der Waals surface area contributed by atoms with Gasteiger partial charge in [0.05, 0.1) is 6.10 Å². The summed E-state index contributed by atoms with van der Waals surface area (Å²) in [7, 11) is 1.43. The number of aliphatic hydroxyl groups is 1. The van der Waals surface area contributed by atoms with Crippen molar-refractivity contribution in [1.82, 2.24) is 4.90 Å². The summed E-state index contributed by atoms with van der Waals surface area (Å²) in [6.45, 7) is 1.59. The first-order valence-corrected chi connectivity index (χ1v) is 4.84. The molecule has 1 amide bonds.